The number of hydrogen-bond donors (Lipinski definition) is 1. The van der Waals surface area contributed by atoms with Crippen molar-refractivity contribution in [2.45, 2.75) is 48.5 Å². The summed E-state index contributed by atoms with van der Waals surface area (Å²) in [6.07, 6.45) is 0. The molecule has 0 aromatic carbocycles. The van der Waals surface area contributed by atoms with Gasteiger partial charge in [-0.15, -0.1) is 0 Å². The Morgan fingerprint density at radius 1 is 0.941 bits per heavy atom. The van der Waals surface area contributed by atoms with E-state index in [-0.39, 0.29) is 22.5 Å². The van der Waals surface area contributed by atoms with Gasteiger partial charge in [-0.2, -0.15) is 0 Å². The molecule has 0 aromatic rings. The zero-order valence-corrected chi connectivity index (χ0v) is 11.9. The van der Waals surface area contributed by atoms with Crippen molar-refractivity contribution in [2.75, 3.05) is 0 Å². The molecular formula is C14H23NO2. The maximum atomic E-state index is 12.3. The number of hydrogen-bond acceptors (Lipinski definition) is 2. The van der Waals surface area contributed by atoms with E-state index in [9.17, 15) is 9.59 Å². The highest BCUT2D eigenvalue weighted by atomic mass is 16.2. The van der Waals surface area contributed by atoms with Crippen molar-refractivity contribution in [3.63, 3.8) is 0 Å². The lowest BCUT2D eigenvalue weighted by atomic mass is 9.72. The van der Waals surface area contributed by atoms with E-state index in [1.807, 2.05) is 41.5 Å². The van der Waals surface area contributed by atoms with Gasteiger partial charge in [0.15, 0.2) is 5.78 Å². The highest BCUT2D eigenvalue weighted by Crippen LogP contribution is 2.39. The predicted octanol–water partition coefficient (Wildman–Crippen LogP) is 2.67. The third-order valence-electron chi connectivity index (χ3n) is 3.03. The van der Waals surface area contributed by atoms with Crippen molar-refractivity contribution in [1.29, 1.82) is 0 Å². The maximum Gasteiger partial charge on any atom is 0.234 e. The maximum absolute atomic E-state index is 12.3. The van der Waals surface area contributed by atoms with Crippen molar-refractivity contribution in [3.05, 3.63) is 11.3 Å². The van der Waals surface area contributed by atoms with Gasteiger partial charge in [-0.25, -0.2) is 0 Å². The SMILES string of the molecule is CC1C(=O)NC(C(C)(C)C)=C(C(C)(C)C)C1=O. The van der Waals surface area contributed by atoms with Gasteiger partial charge in [-0.3, -0.25) is 9.59 Å². The van der Waals surface area contributed by atoms with Gasteiger partial charge in [-0.05, 0) is 12.3 Å². The number of nitrogens with one attached hydrogen (secondary N) is 1. The first-order chi connectivity index (χ1) is 7.46. The van der Waals surface area contributed by atoms with Gasteiger partial charge < -0.3 is 5.32 Å². The Bertz CT molecular complexity index is 391. The first-order valence-corrected chi connectivity index (χ1v) is 6.06. The van der Waals surface area contributed by atoms with Gasteiger partial charge in [0.2, 0.25) is 5.91 Å². The predicted molar refractivity (Wildman–Crippen MR) is 68.2 cm³/mol. The summed E-state index contributed by atoms with van der Waals surface area (Å²) in [5.74, 6) is -0.797. The summed E-state index contributed by atoms with van der Waals surface area (Å²) in [6, 6.07) is 0. The minimum atomic E-state index is -0.574. The number of ketones is 1. The third kappa shape index (κ3) is 2.59. The van der Waals surface area contributed by atoms with E-state index < -0.39 is 5.92 Å². The van der Waals surface area contributed by atoms with Gasteiger partial charge in [0.1, 0.15) is 0 Å². The zero-order chi connectivity index (χ0) is 13.6. The number of rotatable bonds is 0. The smallest absolute Gasteiger partial charge is 0.234 e. The lowest BCUT2D eigenvalue weighted by molar-refractivity contribution is -0.133. The third-order valence-corrected chi connectivity index (χ3v) is 3.03. The molecule has 0 saturated heterocycles. The van der Waals surface area contributed by atoms with Crippen LogP contribution in [0.4, 0.5) is 0 Å². The zero-order valence-electron chi connectivity index (χ0n) is 11.9. The minimum absolute atomic E-state index is 0.0359. The molecule has 96 valence electrons. The quantitative estimate of drug-likeness (QED) is 0.658. The van der Waals surface area contributed by atoms with Gasteiger partial charge in [-0.1, -0.05) is 41.5 Å². The molecule has 0 bridgehead atoms. The van der Waals surface area contributed by atoms with Gasteiger partial charge in [0.05, 0.1) is 5.92 Å². The van der Waals surface area contributed by atoms with E-state index in [1.165, 1.54) is 0 Å². The number of carbonyl (C=O) groups excluding carboxylic acids is 2. The average molecular weight is 237 g/mol. The van der Waals surface area contributed by atoms with Crippen molar-refractivity contribution < 1.29 is 9.59 Å². The fourth-order valence-electron chi connectivity index (χ4n) is 2.06. The molecule has 0 aromatic heterocycles. The molecular weight excluding hydrogens is 214 g/mol. The Labute approximate surface area is 104 Å². The Hall–Kier alpha value is -1.12. The van der Waals surface area contributed by atoms with Crippen LogP contribution < -0.4 is 5.32 Å². The van der Waals surface area contributed by atoms with Gasteiger partial charge in [0, 0.05) is 16.7 Å². The lowest BCUT2D eigenvalue weighted by Gasteiger charge is -2.37. The summed E-state index contributed by atoms with van der Waals surface area (Å²) in [7, 11) is 0. The molecule has 0 fully saturated rings. The van der Waals surface area contributed by atoms with Crippen LogP contribution in [0, 0.1) is 16.7 Å². The number of carbonyl (C=O) groups is 2. The first-order valence-electron chi connectivity index (χ1n) is 6.06. The topological polar surface area (TPSA) is 46.2 Å². The van der Waals surface area contributed by atoms with Crippen LogP contribution >= 0.6 is 0 Å². The molecule has 1 aliphatic heterocycles. The van der Waals surface area contributed by atoms with Crippen LogP contribution in [0.1, 0.15) is 48.5 Å². The van der Waals surface area contributed by atoms with Crippen LogP contribution in [0.5, 0.6) is 0 Å². The first kappa shape index (κ1) is 13.9. The summed E-state index contributed by atoms with van der Waals surface area (Å²) in [5, 5.41) is 2.91. The highest BCUT2D eigenvalue weighted by molar-refractivity contribution is 6.13. The molecule has 0 saturated carbocycles. The summed E-state index contributed by atoms with van der Waals surface area (Å²) in [6.45, 7) is 13.7. The molecule has 3 heteroatoms. The van der Waals surface area contributed by atoms with Crippen molar-refractivity contribution in [2.24, 2.45) is 16.7 Å². The average Bonchev–Trinajstić information content (AvgIpc) is 2.09. The number of amides is 1. The van der Waals surface area contributed by atoms with Crippen LogP contribution in [-0.4, -0.2) is 11.7 Å². The second kappa shape index (κ2) is 3.97. The van der Waals surface area contributed by atoms with Crippen molar-refractivity contribution >= 4 is 11.7 Å². The summed E-state index contributed by atoms with van der Waals surface area (Å²) in [4.78, 5) is 24.1. The molecule has 0 spiro atoms. The largest absolute Gasteiger partial charge is 0.328 e. The van der Waals surface area contributed by atoms with E-state index in [1.54, 1.807) is 6.92 Å². The van der Waals surface area contributed by atoms with Gasteiger partial charge >= 0.3 is 0 Å². The van der Waals surface area contributed by atoms with Crippen molar-refractivity contribution in [1.82, 2.24) is 5.32 Å². The Kier molecular flexibility index (Phi) is 3.25. The van der Waals surface area contributed by atoms with E-state index in [2.05, 4.69) is 5.32 Å². The fourth-order valence-corrected chi connectivity index (χ4v) is 2.06. The molecule has 1 heterocycles. The molecule has 1 atom stereocenters. The molecule has 17 heavy (non-hydrogen) atoms. The molecule has 1 amide bonds. The summed E-state index contributed by atoms with van der Waals surface area (Å²) in [5.41, 5.74) is 1.06. The Morgan fingerprint density at radius 3 is 1.76 bits per heavy atom. The summed E-state index contributed by atoms with van der Waals surface area (Å²) >= 11 is 0. The van der Waals surface area contributed by atoms with E-state index in [4.69, 9.17) is 0 Å². The van der Waals surface area contributed by atoms with E-state index >= 15 is 0 Å². The molecule has 3 nitrogen and oxygen atoms in total. The molecule has 0 radical (unpaired) electrons. The fraction of sp³-hybridized carbons (Fsp3) is 0.714. The molecule has 1 aliphatic rings. The Balaban J connectivity index is 3.47. The summed E-state index contributed by atoms with van der Waals surface area (Å²) < 4.78 is 0. The number of allylic oxidation sites excluding steroid dienone is 2. The Morgan fingerprint density at radius 2 is 1.41 bits per heavy atom. The lowest BCUT2D eigenvalue weighted by Crippen LogP contribution is -2.46. The molecule has 1 unspecified atom stereocenters. The molecule has 1 N–H and O–H groups in total. The monoisotopic (exact) mass is 237 g/mol. The van der Waals surface area contributed by atoms with Crippen LogP contribution in [0.25, 0.3) is 0 Å². The normalized spacial score (nSPS) is 22.9. The van der Waals surface area contributed by atoms with Crippen LogP contribution in [-0.2, 0) is 9.59 Å². The van der Waals surface area contributed by atoms with E-state index in [0.717, 1.165) is 11.3 Å². The molecule has 0 aliphatic carbocycles. The second-order valence-electron chi connectivity index (χ2n) is 6.83. The standard InChI is InChI=1S/C14H23NO2/c1-8-10(16)9(13(2,3)4)11(14(5,6)7)15-12(8)17/h8H,1-7H3,(H,15,17). The minimum Gasteiger partial charge on any atom is -0.328 e. The van der Waals surface area contributed by atoms with E-state index in [0.29, 0.717) is 0 Å². The van der Waals surface area contributed by atoms with Crippen molar-refractivity contribution in [3.8, 4) is 0 Å². The van der Waals surface area contributed by atoms with Crippen LogP contribution in [0.15, 0.2) is 11.3 Å². The highest BCUT2D eigenvalue weighted by Gasteiger charge is 2.41. The second-order valence-corrected chi connectivity index (χ2v) is 6.83. The van der Waals surface area contributed by atoms with Crippen LogP contribution in [0.2, 0.25) is 0 Å². The molecule has 1 rings (SSSR count). The van der Waals surface area contributed by atoms with Gasteiger partial charge in [0.25, 0.3) is 0 Å². The van der Waals surface area contributed by atoms with Crippen LogP contribution in [0.3, 0.4) is 0 Å². The number of Topliss-reactive ketones (excluding diaryl/α,β-unsaturated/α-hetero) is 1.